The minimum atomic E-state index is -0.0520. The number of benzene rings is 3. The third-order valence-corrected chi connectivity index (χ3v) is 7.13. The van der Waals surface area contributed by atoms with Crippen LogP contribution in [0.1, 0.15) is 49.0 Å². The first kappa shape index (κ1) is 23.6. The molecule has 3 aromatic carbocycles. The van der Waals surface area contributed by atoms with Gasteiger partial charge in [-0.05, 0) is 59.9 Å². The van der Waals surface area contributed by atoms with Crippen LogP contribution in [-0.2, 0) is 0 Å². The fourth-order valence-corrected chi connectivity index (χ4v) is 4.93. The molecule has 0 aromatic heterocycles. The van der Waals surface area contributed by atoms with Crippen molar-refractivity contribution in [1.29, 1.82) is 0 Å². The van der Waals surface area contributed by atoms with Crippen LogP contribution >= 0.6 is 0 Å². The van der Waals surface area contributed by atoms with Crippen LogP contribution in [0.15, 0.2) is 66.7 Å². The predicted octanol–water partition coefficient (Wildman–Crippen LogP) is 6.18. The van der Waals surface area contributed by atoms with E-state index in [2.05, 4.69) is 91.2 Å². The molecule has 0 bridgehead atoms. The van der Waals surface area contributed by atoms with Gasteiger partial charge in [-0.2, -0.15) is 0 Å². The van der Waals surface area contributed by atoms with Crippen LogP contribution in [0.3, 0.4) is 0 Å². The number of rotatable bonds is 8. The summed E-state index contributed by atoms with van der Waals surface area (Å²) < 4.78 is 17.7. The summed E-state index contributed by atoms with van der Waals surface area (Å²) >= 11 is 0. The van der Waals surface area contributed by atoms with E-state index < -0.39 is 0 Å². The second-order valence-electron chi connectivity index (χ2n) is 9.85. The van der Waals surface area contributed by atoms with Crippen molar-refractivity contribution in [3.63, 3.8) is 0 Å². The molecule has 5 heteroatoms. The second kappa shape index (κ2) is 10.6. The van der Waals surface area contributed by atoms with Crippen LogP contribution in [0.4, 0.5) is 5.69 Å². The third-order valence-electron chi connectivity index (χ3n) is 7.13. The summed E-state index contributed by atoms with van der Waals surface area (Å²) in [6, 6.07) is 23.4. The predicted molar refractivity (Wildman–Crippen MR) is 141 cm³/mol. The lowest BCUT2D eigenvalue weighted by molar-refractivity contribution is 0.159. The van der Waals surface area contributed by atoms with Gasteiger partial charge >= 0.3 is 0 Å². The Morgan fingerprint density at radius 1 is 0.829 bits per heavy atom. The van der Waals surface area contributed by atoms with Gasteiger partial charge < -0.3 is 19.1 Å². The topological polar surface area (TPSA) is 34.2 Å². The van der Waals surface area contributed by atoms with Crippen LogP contribution in [0.2, 0.25) is 0 Å². The fraction of sp³-hybridized carbons (Fsp3) is 0.400. The molecule has 1 saturated heterocycles. The molecule has 0 spiro atoms. The van der Waals surface area contributed by atoms with E-state index in [-0.39, 0.29) is 12.9 Å². The summed E-state index contributed by atoms with van der Waals surface area (Å²) in [4.78, 5) is 5.06. The first-order valence-corrected chi connectivity index (χ1v) is 12.8. The monoisotopic (exact) mass is 472 g/mol. The molecular weight excluding hydrogens is 436 g/mol. The Balaban J connectivity index is 1.25. The zero-order valence-corrected chi connectivity index (χ0v) is 21.1. The zero-order valence-electron chi connectivity index (χ0n) is 21.1. The molecule has 1 atom stereocenters. The van der Waals surface area contributed by atoms with Gasteiger partial charge in [0.2, 0.25) is 6.79 Å². The van der Waals surface area contributed by atoms with Gasteiger partial charge in [0, 0.05) is 44.8 Å². The largest absolute Gasteiger partial charge is 0.486 e. The average Bonchev–Trinajstić information content (AvgIpc) is 3.35. The Morgan fingerprint density at radius 2 is 1.54 bits per heavy atom. The van der Waals surface area contributed by atoms with Crippen molar-refractivity contribution in [3.05, 3.63) is 83.4 Å². The van der Waals surface area contributed by atoms with Gasteiger partial charge in [-0.25, -0.2) is 0 Å². The van der Waals surface area contributed by atoms with Crippen molar-refractivity contribution in [2.75, 3.05) is 44.4 Å². The van der Waals surface area contributed by atoms with Crippen LogP contribution in [-0.4, -0.2) is 44.4 Å². The van der Waals surface area contributed by atoms with E-state index in [9.17, 15) is 0 Å². The molecule has 2 aliphatic rings. The maximum atomic E-state index is 6.56. The molecule has 0 aliphatic carbocycles. The summed E-state index contributed by atoms with van der Waals surface area (Å²) in [6.45, 7) is 12.1. The molecule has 2 aliphatic heterocycles. The second-order valence-corrected chi connectivity index (χ2v) is 9.85. The third kappa shape index (κ3) is 5.57. The number of hydrogen-bond acceptors (Lipinski definition) is 5. The van der Waals surface area contributed by atoms with Crippen molar-refractivity contribution in [2.24, 2.45) is 0 Å². The van der Waals surface area contributed by atoms with Crippen molar-refractivity contribution in [2.45, 2.75) is 39.2 Å². The number of aryl methyl sites for hydroxylation is 1. The highest BCUT2D eigenvalue weighted by Crippen LogP contribution is 2.36. The molecule has 0 saturated carbocycles. The molecule has 1 fully saturated rings. The molecule has 184 valence electrons. The summed E-state index contributed by atoms with van der Waals surface area (Å²) in [6.07, 6.45) is 0.861. The van der Waals surface area contributed by atoms with Gasteiger partial charge in [0.1, 0.15) is 11.9 Å². The molecule has 35 heavy (non-hydrogen) atoms. The van der Waals surface area contributed by atoms with Gasteiger partial charge in [-0.15, -0.1) is 0 Å². The van der Waals surface area contributed by atoms with Gasteiger partial charge in [-0.3, -0.25) is 4.90 Å². The molecule has 0 unspecified atom stereocenters. The Bertz CT molecular complexity index is 1120. The lowest BCUT2D eigenvalue weighted by atomic mass is 10.0. The molecule has 3 aromatic rings. The van der Waals surface area contributed by atoms with Gasteiger partial charge in [-0.1, -0.05) is 50.2 Å². The van der Waals surface area contributed by atoms with Crippen LogP contribution < -0.4 is 19.1 Å². The highest BCUT2D eigenvalue weighted by atomic mass is 16.7. The average molecular weight is 473 g/mol. The maximum absolute atomic E-state index is 6.56. The Hall–Kier alpha value is -3.18. The molecule has 0 radical (unpaired) electrons. The number of anilines is 1. The molecule has 0 amide bonds. The number of para-hydroxylation sites is 1. The molecular formula is C30H36N2O3. The summed E-state index contributed by atoms with van der Waals surface area (Å²) in [5, 5.41) is 0. The molecule has 5 nitrogen and oxygen atoms in total. The lowest BCUT2D eigenvalue weighted by Crippen LogP contribution is -2.47. The summed E-state index contributed by atoms with van der Waals surface area (Å²) in [5.41, 5.74) is 5.16. The van der Waals surface area contributed by atoms with E-state index in [1.165, 1.54) is 16.8 Å². The van der Waals surface area contributed by atoms with Crippen LogP contribution in [0, 0.1) is 6.92 Å². The van der Waals surface area contributed by atoms with Crippen molar-refractivity contribution >= 4 is 5.69 Å². The molecule has 0 N–H and O–H groups in total. The Labute approximate surface area is 209 Å². The van der Waals surface area contributed by atoms with E-state index in [4.69, 9.17) is 14.2 Å². The summed E-state index contributed by atoms with van der Waals surface area (Å²) in [5.74, 6) is 3.02. The maximum Gasteiger partial charge on any atom is 0.231 e. The quantitative estimate of drug-likeness (QED) is 0.391. The normalized spacial score (nSPS) is 16.5. The van der Waals surface area contributed by atoms with Gasteiger partial charge in [0.25, 0.3) is 0 Å². The highest BCUT2D eigenvalue weighted by Gasteiger charge is 2.23. The SMILES string of the molecule is Cc1ccccc1N1CCN(CC[C@H](Oc2ccc(C(C)C)cc2)c2ccc3c(c2)OCO3)CC1. The fourth-order valence-electron chi connectivity index (χ4n) is 4.93. The van der Waals surface area contributed by atoms with Crippen molar-refractivity contribution in [1.82, 2.24) is 4.90 Å². The minimum Gasteiger partial charge on any atom is -0.486 e. The smallest absolute Gasteiger partial charge is 0.231 e. The van der Waals surface area contributed by atoms with Crippen LogP contribution in [0.5, 0.6) is 17.2 Å². The molecule has 5 rings (SSSR count). The van der Waals surface area contributed by atoms with E-state index in [1.54, 1.807) is 0 Å². The van der Waals surface area contributed by atoms with Gasteiger partial charge in [0.05, 0.1) is 0 Å². The summed E-state index contributed by atoms with van der Waals surface area (Å²) in [7, 11) is 0. The van der Waals surface area contributed by atoms with E-state index in [1.807, 2.05) is 6.07 Å². The van der Waals surface area contributed by atoms with Gasteiger partial charge in [0.15, 0.2) is 11.5 Å². The first-order valence-electron chi connectivity index (χ1n) is 12.8. The highest BCUT2D eigenvalue weighted by molar-refractivity contribution is 5.53. The van der Waals surface area contributed by atoms with E-state index >= 15 is 0 Å². The van der Waals surface area contributed by atoms with E-state index in [0.29, 0.717) is 5.92 Å². The Kier molecular flexibility index (Phi) is 7.14. The Morgan fingerprint density at radius 3 is 2.29 bits per heavy atom. The minimum absolute atomic E-state index is 0.0520. The van der Waals surface area contributed by atoms with E-state index in [0.717, 1.165) is 62.0 Å². The standard InChI is InChI=1S/C30H36N2O3/c1-22(2)24-8-11-26(12-9-24)35-28(25-10-13-29-30(20-25)34-21-33-29)14-15-31-16-18-32(19-17-31)27-7-5-4-6-23(27)3/h4-13,20,22,28H,14-19,21H2,1-3H3/t28-/m0/s1. The van der Waals surface area contributed by atoms with Crippen molar-refractivity contribution < 1.29 is 14.2 Å². The van der Waals surface area contributed by atoms with Crippen molar-refractivity contribution in [3.8, 4) is 17.2 Å². The number of nitrogens with zero attached hydrogens (tertiary/aromatic N) is 2. The lowest BCUT2D eigenvalue weighted by Gasteiger charge is -2.37. The number of piperazine rings is 1. The number of fused-ring (bicyclic) bond motifs is 1. The first-order chi connectivity index (χ1) is 17.1. The van der Waals surface area contributed by atoms with Crippen LogP contribution in [0.25, 0.3) is 0 Å². The number of hydrogen-bond donors (Lipinski definition) is 0. The number of ether oxygens (including phenoxy) is 3. The zero-order chi connectivity index (χ0) is 24.2. The molecule has 2 heterocycles.